The number of carbonyl (C=O) groups excluding carboxylic acids is 2. The smallest absolute Gasteiger partial charge is 0.292 e. The standard InChI is InChI=1S/C24BF20.C14H8IN2O2S2/c26-5-1(6(27)14(35)21(42)13(5)34)25(2-7(28)15(36)22(43)16(37)8(2)29,3-9(30)17(38)23(44)18(39)10(3)31)4-11(32)19(40)24(45)20(41)12(4)33;16-7-5-9(18)11-1-3-13(20-11)15-14-4-2-12(21-14)10(19)6-8-17/h;1-4H,5-6H2/q-1;+1. The second-order valence-electron chi connectivity index (χ2n) is 12.6. The summed E-state index contributed by atoms with van der Waals surface area (Å²) in [5.41, 5.74) is -14.3. The van der Waals surface area contributed by atoms with Gasteiger partial charge in [0.25, 0.3) is 0 Å². The molecule has 0 saturated heterocycles. The van der Waals surface area contributed by atoms with E-state index >= 15 is 35.1 Å². The van der Waals surface area contributed by atoms with Gasteiger partial charge in [0.05, 0.1) is 34.7 Å². The highest BCUT2D eigenvalue weighted by Crippen LogP contribution is 2.31. The number of carbonyl (C=O) groups is 2. The van der Waals surface area contributed by atoms with Gasteiger partial charge in [-0.05, 0) is 12.1 Å². The van der Waals surface area contributed by atoms with Crippen LogP contribution in [0.3, 0.4) is 0 Å². The molecule has 0 saturated carbocycles. The van der Waals surface area contributed by atoms with E-state index in [9.17, 15) is 62.3 Å². The van der Waals surface area contributed by atoms with E-state index in [1.54, 1.807) is 12.1 Å². The topological polar surface area (TPSA) is 81.7 Å². The predicted octanol–water partition coefficient (Wildman–Crippen LogP) is 5.98. The van der Waals surface area contributed by atoms with E-state index < -0.39 is 166 Å². The first-order chi connectivity index (χ1) is 30.8. The predicted molar refractivity (Wildman–Crippen MR) is 184 cm³/mol. The second kappa shape index (κ2) is 19.5. The normalized spacial score (nSPS) is 11.3. The summed E-state index contributed by atoms with van der Waals surface area (Å²) in [6.45, 7) is 0. The molecule has 6 rings (SSSR count). The van der Waals surface area contributed by atoms with Crippen LogP contribution in [-0.4, -0.2) is 17.7 Å². The van der Waals surface area contributed by atoms with Crippen molar-refractivity contribution in [2.24, 2.45) is 0 Å². The van der Waals surface area contributed by atoms with Crippen LogP contribution in [0, 0.1) is 145 Å². The zero-order valence-electron chi connectivity index (χ0n) is 30.8. The van der Waals surface area contributed by atoms with E-state index in [4.69, 9.17) is 10.5 Å². The van der Waals surface area contributed by atoms with E-state index in [-0.39, 0.29) is 24.4 Å². The highest BCUT2D eigenvalue weighted by molar-refractivity contribution is 7.20. The van der Waals surface area contributed by atoms with Crippen molar-refractivity contribution in [2.75, 3.05) is 0 Å². The molecule has 28 heteroatoms. The Labute approximate surface area is 371 Å². The fourth-order valence-electron chi connectivity index (χ4n) is 6.31. The van der Waals surface area contributed by atoms with Gasteiger partial charge < -0.3 is 0 Å². The van der Waals surface area contributed by atoms with Crippen LogP contribution in [0.15, 0.2) is 24.3 Å². The Bertz CT molecular complexity index is 2660. The lowest BCUT2D eigenvalue weighted by Crippen LogP contribution is -3.61. The van der Waals surface area contributed by atoms with Crippen molar-refractivity contribution in [3.05, 3.63) is 156 Å². The van der Waals surface area contributed by atoms with Crippen molar-refractivity contribution in [1.82, 2.24) is 0 Å². The minimum atomic E-state index is -7.22. The molecule has 344 valence electrons. The Morgan fingerprint density at radius 1 is 0.379 bits per heavy atom. The molecular weight excluding hydrogens is 1100 g/mol. The third-order valence-electron chi connectivity index (χ3n) is 9.07. The molecular formula is C38H8BF20IN2O2S2. The van der Waals surface area contributed by atoms with Gasteiger partial charge in [-0.1, -0.05) is 22.7 Å². The highest BCUT2D eigenvalue weighted by atomic mass is 127. The minimum Gasteiger partial charge on any atom is -0.292 e. The first kappa shape index (κ1) is 51.0. The van der Waals surface area contributed by atoms with E-state index in [0.717, 1.165) is 5.77 Å². The van der Waals surface area contributed by atoms with Gasteiger partial charge in [0, 0.05) is 12.1 Å². The summed E-state index contributed by atoms with van der Waals surface area (Å²) in [4.78, 5) is 24.4. The summed E-state index contributed by atoms with van der Waals surface area (Å²) in [5.74, 6) is -71.7. The van der Waals surface area contributed by atoms with Crippen LogP contribution >= 0.6 is 22.7 Å². The number of thiophene rings is 2. The van der Waals surface area contributed by atoms with E-state index in [1.165, 1.54) is 22.7 Å². The molecule has 66 heavy (non-hydrogen) atoms. The molecule has 6 aromatic rings. The molecule has 4 aromatic carbocycles. The molecule has 0 amide bonds. The molecule has 0 bridgehead atoms. The molecule has 4 nitrogen and oxygen atoms in total. The van der Waals surface area contributed by atoms with Crippen LogP contribution < -0.4 is 43.1 Å². The van der Waals surface area contributed by atoms with Crippen molar-refractivity contribution >= 4 is 62.2 Å². The lowest BCUT2D eigenvalue weighted by molar-refractivity contribution is -0.585. The van der Waals surface area contributed by atoms with Crippen molar-refractivity contribution in [3.8, 4) is 12.1 Å². The van der Waals surface area contributed by atoms with Gasteiger partial charge in [-0.25, -0.2) is 87.8 Å². The summed E-state index contributed by atoms with van der Waals surface area (Å²) in [7, 11) is 0. The highest BCUT2D eigenvalue weighted by Gasteiger charge is 2.52. The van der Waals surface area contributed by atoms with Crippen LogP contribution in [0.5, 0.6) is 0 Å². The van der Waals surface area contributed by atoms with Crippen molar-refractivity contribution < 1.29 is 119 Å². The zero-order valence-corrected chi connectivity index (χ0v) is 34.6. The summed E-state index contributed by atoms with van der Waals surface area (Å²) in [5, 5.41) is 17.1. The maximum atomic E-state index is 15.4. The average Bonchev–Trinajstić information content (AvgIpc) is 3.97. The third kappa shape index (κ3) is 8.37. The summed E-state index contributed by atoms with van der Waals surface area (Å²) in [6, 6.07) is 11.1. The van der Waals surface area contributed by atoms with Crippen molar-refractivity contribution in [3.63, 3.8) is 0 Å². The average molecular weight is 1110 g/mol. The first-order valence-corrected chi connectivity index (χ1v) is 20.5. The van der Waals surface area contributed by atoms with Crippen LogP contribution in [0.1, 0.15) is 32.2 Å². The molecule has 0 aliphatic heterocycles. The number of rotatable bonds is 10. The van der Waals surface area contributed by atoms with E-state index in [0.29, 0.717) is 9.75 Å². The SMILES string of the molecule is Fc1c(F)c(F)c([B-](c2c(F)c(F)c(F)c(F)c2F)(c2c(F)c(F)c(F)c(F)c2F)c2c(F)c(F)c(F)c(F)c2F)c(F)c1F.N#CCC(=O)c1ccc([I+]c2ccc(C(=O)CC#N)s2)s1. The number of hydrogen-bond donors (Lipinski definition) is 0. The second-order valence-corrected chi connectivity index (χ2v) is 19.1. The van der Waals surface area contributed by atoms with Crippen LogP contribution in [-0.2, 0) is 0 Å². The van der Waals surface area contributed by atoms with Crippen LogP contribution in [0.25, 0.3) is 0 Å². The Kier molecular flexibility index (Phi) is 15.0. The number of benzene rings is 4. The van der Waals surface area contributed by atoms with E-state index in [1.807, 2.05) is 24.3 Å². The lowest BCUT2D eigenvalue weighted by atomic mass is 9.12. The summed E-state index contributed by atoms with van der Waals surface area (Å²) in [6.07, 6.45) is -7.40. The summed E-state index contributed by atoms with van der Waals surface area (Å²) >= 11 is 2.41. The zero-order chi connectivity index (χ0) is 49.6. The first-order valence-electron chi connectivity index (χ1n) is 16.7. The number of nitrogens with zero attached hydrogens (tertiary/aromatic N) is 2. The Morgan fingerprint density at radius 3 is 0.773 bits per heavy atom. The maximum absolute atomic E-state index is 15.4. The Hall–Kier alpha value is -6.01. The molecule has 0 aliphatic rings. The number of nitriles is 2. The number of halogens is 21. The van der Waals surface area contributed by atoms with Gasteiger partial charge in [-0.3, -0.25) is 9.59 Å². The fourth-order valence-corrected chi connectivity index (χ4v) is 12.5. The van der Waals surface area contributed by atoms with E-state index in [2.05, 4.69) is 0 Å². The number of Topliss-reactive ketones (excluding diaryl/α,β-unsaturated/α-hetero) is 2. The van der Waals surface area contributed by atoms with Gasteiger partial charge >= 0.3 is 21.2 Å². The molecule has 0 radical (unpaired) electrons. The fraction of sp³-hybridized carbons (Fsp3) is 0.0526. The van der Waals surface area contributed by atoms with Gasteiger partial charge in [-0.15, -0.1) is 21.9 Å². The molecule has 0 spiro atoms. The molecule has 2 aromatic heterocycles. The number of ketones is 2. The quantitative estimate of drug-likeness (QED) is 0.0423. The van der Waals surface area contributed by atoms with Crippen molar-refractivity contribution in [2.45, 2.75) is 12.8 Å². The van der Waals surface area contributed by atoms with Crippen molar-refractivity contribution in [1.29, 1.82) is 10.5 Å². The molecule has 2 heterocycles. The van der Waals surface area contributed by atoms with Gasteiger partial charge in [0.2, 0.25) is 5.77 Å². The Morgan fingerprint density at radius 2 is 0.576 bits per heavy atom. The maximum Gasteiger partial charge on any atom is 0.381 e. The molecule has 0 aliphatic carbocycles. The summed E-state index contributed by atoms with van der Waals surface area (Å²) < 4.78 is 296. The van der Waals surface area contributed by atoms with Gasteiger partial charge in [0.15, 0.2) is 81.4 Å². The molecule has 0 N–H and O–H groups in total. The van der Waals surface area contributed by atoms with Crippen LogP contribution in [0.2, 0.25) is 0 Å². The molecule has 0 fully saturated rings. The largest absolute Gasteiger partial charge is 0.381 e. The van der Waals surface area contributed by atoms with Crippen LogP contribution in [0.4, 0.5) is 87.8 Å². The lowest BCUT2D eigenvalue weighted by Gasteiger charge is -2.44. The third-order valence-corrected chi connectivity index (χ3v) is 15.0. The molecule has 0 atom stereocenters. The monoisotopic (exact) mass is 1110 g/mol. The minimum absolute atomic E-state index is 0.0932. The number of hydrogen-bond acceptors (Lipinski definition) is 6. The Balaban J connectivity index is 0.000000324. The molecule has 0 unspecified atom stereocenters. The van der Waals surface area contributed by atoms with Gasteiger partial charge in [0.1, 0.15) is 52.7 Å². The van der Waals surface area contributed by atoms with Gasteiger partial charge in [-0.2, -0.15) is 10.5 Å².